The molecule has 0 atom stereocenters. The number of hydrogen-bond acceptors (Lipinski definition) is 7. The molecule has 0 saturated carbocycles. The number of nitro groups is 1. The van der Waals surface area contributed by atoms with Crippen LogP contribution in [-0.4, -0.2) is 52.6 Å². The van der Waals surface area contributed by atoms with Gasteiger partial charge in [-0.05, 0) is 32.8 Å². The Morgan fingerprint density at radius 2 is 1.96 bits per heavy atom. The number of sulfonamides is 1. The van der Waals surface area contributed by atoms with Gasteiger partial charge in [0, 0.05) is 31.1 Å². The van der Waals surface area contributed by atoms with Crippen LogP contribution in [0.5, 0.6) is 5.75 Å². The number of piperidine rings is 1. The van der Waals surface area contributed by atoms with Gasteiger partial charge < -0.3 is 9.30 Å². The normalized spacial score (nSPS) is 16.4. The van der Waals surface area contributed by atoms with Crippen molar-refractivity contribution in [2.45, 2.75) is 43.5 Å². The van der Waals surface area contributed by atoms with Gasteiger partial charge in [-0.3, -0.25) is 10.1 Å². The van der Waals surface area contributed by atoms with Crippen LogP contribution < -0.4 is 4.74 Å². The van der Waals surface area contributed by atoms with E-state index < -0.39 is 14.9 Å². The van der Waals surface area contributed by atoms with Crippen molar-refractivity contribution >= 4 is 15.7 Å². The highest BCUT2D eigenvalue weighted by Crippen LogP contribution is 2.34. The molecule has 0 unspecified atom stereocenters. The summed E-state index contributed by atoms with van der Waals surface area (Å²) in [7, 11) is -2.53. The maximum Gasteiger partial charge on any atom is 0.273 e. The lowest BCUT2D eigenvalue weighted by atomic mass is 9.97. The molecule has 11 heteroatoms. The van der Waals surface area contributed by atoms with Crippen LogP contribution >= 0.6 is 0 Å². The van der Waals surface area contributed by atoms with Crippen LogP contribution in [0.2, 0.25) is 0 Å². The molecule has 1 aliphatic heterocycles. The molecule has 1 fully saturated rings. The molecule has 1 aliphatic rings. The highest BCUT2D eigenvalue weighted by Gasteiger charge is 2.34. The van der Waals surface area contributed by atoms with Gasteiger partial charge in [-0.2, -0.15) is 4.31 Å². The van der Waals surface area contributed by atoms with E-state index in [2.05, 4.69) is 10.2 Å². The topological polar surface area (TPSA) is 120 Å². The van der Waals surface area contributed by atoms with E-state index in [-0.39, 0.29) is 28.3 Å². The molecule has 1 aromatic carbocycles. The molecule has 152 valence electrons. The van der Waals surface area contributed by atoms with Gasteiger partial charge >= 0.3 is 0 Å². The van der Waals surface area contributed by atoms with Crippen LogP contribution in [0.1, 0.15) is 44.5 Å². The maximum absolute atomic E-state index is 13.1. The molecule has 10 nitrogen and oxygen atoms in total. The third-order valence-corrected chi connectivity index (χ3v) is 6.89. The Hall–Kier alpha value is -2.53. The van der Waals surface area contributed by atoms with Gasteiger partial charge in [-0.15, -0.1) is 10.2 Å². The van der Waals surface area contributed by atoms with E-state index >= 15 is 0 Å². The van der Waals surface area contributed by atoms with Gasteiger partial charge in [-0.25, -0.2) is 8.42 Å². The lowest BCUT2D eigenvalue weighted by Gasteiger charge is -2.31. The summed E-state index contributed by atoms with van der Waals surface area (Å²) in [6.07, 6.45) is 2.95. The van der Waals surface area contributed by atoms with E-state index in [0.29, 0.717) is 25.9 Å². The van der Waals surface area contributed by atoms with Gasteiger partial charge in [0.05, 0.1) is 18.1 Å². The molecule has 3 rings (SSSR count). The molecular weight excluding hydrogens is 386 g/mol. The summed E-state index contributed by atoms with van der Waals surface area (Å²) in [5.41, 5.74) is -0.220. The van der Waals surface area contributed by atoms with Crippen LogP contribution in [0.25, 0.3) is 0 Å². The summed E-state index contributed by atoms with van der Waals surface area (Å²) in [5, 5.41) is 19.1. The highest BCUT2D eigenvalue weighted by molar-refractivity contribution is 7.89. The van der Waals surface area contributed by atoms with Crippen molar-refractivity contribution in [3.63, 3.8) is 0 Å². The van der Waals surface area contributed by atoms with E-state index in [9.17, 15) is 18.5 Å². The molecular formula is C17H23N5O5S. The second-order valence-electron chi connectivity index (χ2n) is 6.96. The Labute approximate surface area is 163 Å². The van der Waals surface area contributed by atoms with Crippen LogP contribution in [0.15, 0.2) is 29.4 Å². The smallest absolute Gasteiger partial charge is 0.273 e. The summed E-state index contributed by atoms with van der Waals surface area (Å²) < 4.78 is 34.6. The fourth-order valence-corrected chi connectivity index (χ4v) is 5.02. The zero-order chi connectivity index (χ0) is 20.5. The largest absolute Gasteiger partial charge is 0.495 e. The second-order valence-corrected chi connectivity index (χ2v) is 8.87. The SMILES string of the molecule is COc1cc([N+](=O)[O-])ccc1S(=O)(=O)N1CCC(c2nncn2C(C)C)CC1. The minimum absolute atomic E-state index is 0.0316. The average molecular weight is 409 g/mol. The van der Waals surface area contributed by atoms with Crippen molar-refractivity contribution in [2.24, 2.45) is 0 Å². The Balaban J connectivity index is 1.80. The van der Waals surface area contributed by atoms with Crippen LogP contribution in [0, 0.1) is 10.1 Å². The minimum Gasteiger partial charge on any atom is -0.495 e. The number of hydrogen-bond donors (Lipinski definition) is 0. The predicted octanol–water partition coefficient (Wildman–Crippen LogP) is 2.34. The van der Waals surface area contributed by atoms with Crippen LogP contribution in [0.3, 0.4) is 0 Å². The van der Waals surface area contributed by atoms with Gasteiger partial charge in [0.15, 0.2) is 0 Å². The zero-order valence-electron chi connectivity index (χ0n) is 16.0. The Morgan fingerprint density at radius 1 is 1.29 bits per heavy atom. The Morgan fingerprint density at radius 3 is 2.54 bits per heavy atom. The van der Waals surface area contributed by atoms with Gasteiger partial charge in [0.25, 0.3) is 5.69 Å². The monoisotopic (exact) mass is 409 g/mol. The first kappa shape index (κ1) is 20.2. The Kier molecular flexibility index (Phi) is 5.66. The third kappa shape index (κ3) is 3.72. The molecule has 28 heavy (non-hydrogen) atoms. The highest BCUT2D eigenvalue weighted by atomic mass is 32.2. The molecule has 2 aromatic rings. The molecule has 0 amide bonds. The second kappa shape index (κ2) is 7.84. The molecule has 2 heterocycles. The lowest BCUT2D eigenvalue weighted by Crippen LogP contribution is -2.38. The van der Waals surface area contributed by atoms with Crippen LogP contribution in [0.4, 0.5) is 5.69 Å². The van der Waals surface area contributed by atoms with Gasteiger partial charge in [0.1, 0.15) is 22.8 Å². The van der Waals surface area contributed by atoms with E-state index in [4.69, 9.17) is 4.74 Å². The quantitative estimate of drug-likeness (QED) is 0.530. The van der Waals surface area contributed by atoms with Crippen molar-refractivity contribution in [1.29, 1.82) is 0 Å². The van der Waals surface area contributed by atoms with Crippen molar-refractivity contribution < 1.29 is 18.1 Å². The molecule has 0 bridgehead atoms. The number of aromatic nitrogens is 3. The van der Waals surface area contributed by atoms with E-state index in [1.807, 2.05) is 18.4 Å². The average Bonchev–Trinajstić information content (AvgIpc) is 3.17. The number of nitro benzene ring substituents is 1. The summed E-state index contributed by atoms with van der Waals surface area (Å²) in [6, 6.07) is 3.77. The summed E-state index contributed by atoms with van der Waals surface area (Å²) in [6.45, 7) is 4.76. The lowest BCUT2D eigenvalue weighted by molar-refractivity contribution is -0.385. The molecule has 0 spiro atoms. The van der Waals surface area contributed by atoms with Crippen LogP contribution in [-0.2, 0) is 10.0 Å². The van der Waals surface area contributed by atoms with Crippen molar-refractivity contribution in [2.75, 3.05) is 20.2 Å². The van der Waals surface area contributed by atoms with Gasteiger partial charge in [0.2, 0.25) is 10.0 Å². The molecule has 1 saturated heterocycles. The van der Waals surface area contributed by atoms with Crippen molar-refractivity contribution in [1.82, 2.24) is 19.1 Å². The van der Waals surface area contributed by atoms with E-state index in [1.54, 1.807) is 6.33 Å². The number of benzene rings is 1. The first-order valence-corrected chi connectivity index (χ1v) is 10.4. The number of rotatable bonds is 6. The Bertz CT molecular complexity index is 964. The third-order valence-electron chi connectivity index (χ3n) is 4.95. The van der Waals surface area contributed by atoms with Crippen molar-refractivity contribution in [3.05, 3.63) is 40.5 Å². The number of nitrogens with zero attached hydrogens (tertiary/aromatic N) is 5. The van der Waals surface area contributed by atoms with Gasteiger partial charge in [-0.1, -0.05) is 0 Å². The fourth-order valence-electron chi connectivity index (χ4n) is 3.42. The van der Waals surface area contributed by atoms with E-state index in [1.165, 1.54) is 23.5 Å². The number of non-ortho nitro benzene ring substituents is 1. The predicted molar refractivity (Wildman–Crippen MR) is 101 cm³/mol. The standard InChI is InChI=1S/C17H23N5O5S/c1-12(2)21-11-18-19-17(21)13-6-8-20(9-7-13)28(25,26)16-5-4-14(22(23)24)10-15(16)27-3/h4-5,10-13H,6-9H2,1-3H3. The summed E-state index contributed by atoms with van der Waals surface area (Å²) in [4.78, 5) is 10.3. The minimum atomic E-state index is -3.82. The van der Waals surface area contributed by atoms with E-state index in [0.717, 1.165) is 11.9 Å². The number of ether oxygens (including phenoxy) is 1. The number of methoxy groups -OCH3 is 1. The molecule has 0 N–H and O–H groups in total. The summed E-state index contributed by atoms with van der Waals surface area (Å²) >= 11 is 0. The fraction of sp³-hybridized carbons (Fsp3) is 0.529. The van der Waals surface area contributed by atoms with Crippen molar-refractivity contribution in [3.8, 4) is 5.75 Å². The first-order valence-electron chi connectivity index (χ1n) is 8.97. The maximum atomic E-state index is 13.1. The molecule has 0 radical (unpaired) electrons. The first-order chi connectivity index (χ1) is 13.3. The molecule has 1 aromatic heterocycles. The molecule has 0 aliphatic carbocycles. The zero-order valence-corrected chi connectivity index (χ0v) is 16.8. The summed E-state index contributed by atoms with van der Waals surface area (Å²) in [5.74, 6) is 0.978.